The van der Waals surface area contributed by atoms with Gasteiger partial charge in [-0.3, -0.25) is 0 Å². The minimum Gasteiger partial charge on any atom is -0.496 e. The van der Waals surface area contributed by atoms with E-state index < -0.39 is 12.6 Å². The summed E-state index contributed by atoms with van der Waals surface area (Å²) in [7, 11) is 1.59. The Labute approximate surface area is 164 Å². The average molecular weight is 392 g/mol. The van der Waals surface area contributed by atoms with Crippen LogP contribution in [0.25, 0.3) is 0 Å². The van der Waals surface area contributed by atoms with Crippen molar-refractivity contribution < 1.29 is 17.9 Å². The second-order valence-corrected chi connectivity index (χ2v) is 7.23. The van der Waals surface area contributed by atoms with E-state index in [1.54, 1.807) is 19.2 Å². The zero-order chi connectivity index (χ0) is 20.0. The molecule has 2 atom stereocenters. The third-order valence-corrected chi connectivity index (χ3v) is 5.21. The molecule has 2 aromatic rings. The standard InChI is InChI=1S/C22H27F3N2O/c1-28-20-10-9-16(11-12-22(23,24)25)14-18(20)15-27-19-8-5-13-26-21(19)17-6-3-2-4-7-17/h2-4,6-7,9-10,14,19,21,26-27H,5,8,11-13,15H2,1H3/t19-,21-/m0/s1. The maximum Gasteiger partial charge on any atom is 0.389 e. The predicted octanol–water partition coefficient (Wildman–Crippen LogP) is 4.77. The number of hydrogen-bond donors (Lipinski definition) is 2. The van der Waals surface area contributed by atoms with Crippen molar-refractivity contribution in [3.63, 3.8) is 0 Å². The van der Waals surface area contributed by atoms with Gasteiger partial charge in [-0.1, -0.05) is 42.5 Å². The molecule has 3 rings (SSSR count). The van der Waals surface area contributed by atoms with Gasteiger partial charge in [-0.05, 0) is 43.0 Å². The third-order valence-electron chi connectivity index (χ3n) is 5.21. The molecule has 0 bridgehead atoms. The maximum absolute atomic E-state index is 12.5. The Hall–Kier alpha value is -2.05. The molecule has 3 nitrogen and oxygen atoms in total. The van der Waals surface area contributed by atoms with Crippen molar-refractivity contribution >= 4 is 0 Å². The van der Waals surface area contributed by atoms with Gasteiger partial charge in [-0.15, -0.1) is 0 Å². The van der Waals surface area contributed by atoms with Crippen LogP contribution in [0.5, 0.6) is 5.75 Å². The summed E-state index contributed by atoms with van der Waals surface area (Å²) < 4.78 is 43.0. The summed E-state index contributed by atoms with van der Waals surface area (Å²) >= 11 is 0. The smallest absolute Gasteiger partial charge is 0.389 e. The lowest BCUT2D eigenvalue weighted by atomic mass is 9.92. The first-order chi connectivity index (χ1) is 13.5. The van der Waals surface area contributed by atoms with E-state index in [0.717, 1.165) is 24.9 Å². The van der Waals surface area contributed by atoms with Crippen LogP contribution in [0.2, 0.25) is 0 Å². The van der Waals surface area contributed by atoms with E-state index >= 15 is 0 Å². The lowest BCUT2D eigenvalue weighted by molar-refractivity contribution is -0.133. The van der Waals surface area contributed by atoms with Crippen LogP contribution in [0.1, 0.15) is 42.0 Å². The number of rotatable bonds is 7. The molecule has 152 valence electrons. The number of aryl methyl sites for hydroxylation is 1. The van der Waals surface area contributed by atoms with Gasteiger partial charge in [0, 0.05) is 30.6 Å². The van der Waals surface area contributed by atoms with Gasteiger partial charge < -0.3 is 15.4 Å². The Morgan fingerprint density at radius 3 is 2.64 bits per heavy atom. The van der Waals surface area contributed by atoms with Crippen molar-refractivity contribution in [1.82, 2.24) is 10.6 Å². The number of benzene rings is 2. The summed E-state index contributed by atoms with van der Waals surface area (Å²) in [4.78, 5) is 0. The summed E-state index contributed by atoms with van der Waals surface area (Å²) in [5.74, 6) is 0.697. The summed E-state index contributed by atoms with van der Waals surface area (Å²) in [5.41, 5.74) is 2.81. The SMILES string of the molecule is COc1ccc(CCC(F)(F)F)cc1CN[C@H]1CCCN[C@H]1c1ccccc1. The van der Waals surface area contributed by atoms with Crippen LogP contribution in [0.15, 0.2) is 48.5 Å². The Morgan fingerprint density at radius 1 is 1.14 bits per heavy atom. The quantitative estimate of drug-likeness (QED) is 0.712. The predicted molar refractivity (Wildman–Crippen MR) is 104 cm³/mol. The highest BCUT2D eigenvalue weighted by molar-refractivity contribution is 5.37. The van der Waals surface area contributed by atoms with Crippen LogP contribution in [0.4, 0.5) is 13.2 Å². The Kier molecular flexibility index (Phi) is 6.97. The molecule has 1 aliphatic heterocycles. The lowest BCUT2D eigenvalue weighted by Gasteiger charge is -2.34. The molecule has 0 saturated carbocycles. The summed E-state index contributed by atoms with van der Waals surface area (Å²) in [6.45, 7) is 1.53. The van der Waals surface area contributed by atoms with Gasteiger partial charge in [0.15, 0.2) is 0 Å². The van der Waals surface area contributed by atoms with Crippen molar-refractivity contribution in [1.29, 1.82) is 0 Å². The van der Waals surface area contributed by atoms with Crippen molar-refractivity contribution in [2.45, 2.75) is 50.5 Å². The monoisotopic (exact) mass is 392 g/mol. The molecule has 6 heteroatoms. The number of methoxy groups -OCH3 is 1. The van der Waals surface area contributed by atoms with E-state index in [2.05, 4.69) is 22.8 Å². The normalized spacial score (nSPS) is 20.1. The second-order valence-electron chi connectivity index (χ2n) is 7.23. The molecule has 0 aromatic heterocycles. The molecule has 0 radical (unpaired) electrons. The number of piperidine rings is 1. The molecular formula is C22H27F3N2O. The Morgan fingerprint density at radius 2 is 1.93 bits per heavy atom. The molecule has 1 heterocycles. The van der Waals surface area contributed by atoms with Gasteiger partial charge >= 0.3 is 6.18 Å². The van der Waals surface area contributed by atoms with E-state index in [4.69, 9.17) is 4.74 Å². The minimum atomic E-state index is -4.14. The summed E-state index contributed by atoms with van der Waals surface area (Å²) in [6.07, 6.45) is -2.84. The van der Waals surface area contributed by atoms with Crippen LogP contribution in [-0.2, 0) is 13.0 Å². The fourth-order valence-corrected chi connectivity index (χ4v) is 3.77. The first-order valence-corrected chi connectivity index (χ1v) is 9.70. The van der Waals surface area contributed by atoms with E-state index in [0.29, 0.717) is 17.9 Å². The largest absolute Gasteiger partial charge is 0.496 e. The summed E-state index contributed by atoms with van der Waals surface area (Å²) in [6, 6.07) is 16.1. The van der Waals surface area contributed by atoms with Gasteiger partial charge in [-0.25, -0.2) is 0 Å². The molecular weight excluding hydrogens is 365 g/mol. The molecule has 0 amide bonds. The van der Waals surface area contributed by atoms with Gasteiger partial charge in [-0.2, -0.15) is 13.2 Å². The number of alkyl halides is 3. The Bertz CT molecular complexity index is 749. The zero-order valence-electron chi connectivity index (χ0n) is 16.1. The van der Waals surface area contributed by atoms with E-state index in [1.807, 2.05) is 24.3 Å². The van der Waals surface area contributed by atoms with Crippen molar-refractivity contribution in [2.75, 3.05) is 13.7 Å². The third kappa shape index (κ3) is 5.72. The van der Waals surface area contributed by atoms with Crippen LogP contribution in [0.3, 0.4) is 0 Å². The first kappa shape index (κ1) is 20.7. The molecule has 0 spiro atoms. The van der Waals surface area contributed by atoms with Crippen molar-refractivity contribution in [3.8, 4) is 5.75 Å². The van der Waals surface area contributed by atoms with Gasteiger partial charge in [0.1, 0.15) is 5.75 Å². The highest BCUT2D eigenvalue weighted by Gasteiger charge is 2.27. The van der Waals surface area contributed by atoms with Crippen molar-refractivity contribution in [2.24, 2.45) is 0 Å². The molecule has 2 aromatic carbocycles. The highest BCUT2D eigenvalue weighted by atomic mass is 19.4. The molecule has 2 N–H and O–H groups in total. The zero-order valence-corrected chi connectivity index (χ0v) is 16.1. The molecule has 0 unspecified atom stereocenters. The van der Waals surface area contributed by atoms with E-state index in [1.165, 1.54) is 5.56 Å². The first-order valence-electron chi connectivity index (χ1n) is 9.70. The average Bonchev–Trinajstić information content (AvgIpc) is 2.71. The lowest BCUT2D eigenvalue weighted by Crippen LogP contribution is -2.45. The fraction of sp³-hybridized carbons (Fsp3) is 0.455. The van der Waals surface area contributed by atoms with Crippen LogP contribution in [0, 0.1) is 0 Å². The van der Waals surface area contributed by atoms with Crippen molar-refractivity contribution in [3.05, 3.63) is 65.2 Å². The number of halogens is 3. The summed E-state index contributed by atoms with van der Waals surface area (Å²) in [5, 5.41) is 7.18. The molecule has 1 fully saturated rings. The van der Waals surface area contributed by atoms with E-state index in [-0.39, 0.29) is 18.5 Å². The maximum atomic E-state index is 12.5. The van der Waals surface area contributed by atoms with Gasteiger partial charge in [0.2, 0.25) is 0 Å². The van der Waals surface area contributed by atoms with E-state index in [9.17, 15) is 13.2 Å². The van der Waals surface area contributed by atoms with Crippen LogP contribution >= 0.6 is 0 Å². The number of ether oxygens (including phenoxy) is 1. The minimum absolute atomic E-state index is 0.0158. The second kappa shape index (κ2) is 9.43. The number of hydrogen-bond acceptors (Lipinski definition) is 3. The van der Waals surface area contributed by atoms with Gasteiger partial charge in [0.25, 0.3) is 0 Å². The Balaban J connectivity index is 1.69. The fourth-order valence-electron chi connectivity index (χ4n) is 3.77. The molecule has 1 saturated heterocycles. The van der Waals surface area contributed by atoms with Crippen LogP contribution in [-0.4, -0.2) is 25.9 Å². The van der Waals surface area contributed by atoms with Crippen LogP contribution < -0.4 is 15.4 Å². The molecule has 0 aliphatic carbocycles. The highest BCUT2D eigenvalue weighted by Crippen LogP contribution is 2.27. The molecule has 28 heavy (non-hydrogen) atoms. The molecule has 1 aliphatic rings. The number of nitrogens with one attached hydrogen (secondary N) is 2. The van der Waals surface area contributed by atoms with Gasteiger partial charge in [0.05, 0.1) is 7.11 Å². The topological polar surface area (TPSA) is 33.3 Å².